The number of carboxylic acid groups (broad SMARTS) is 1. The van der Waals surface area contributed by atoms with Crippen molar-refractivity contribution in [2.45, 2.75) is 77.1 Å². The third-order valence-corrected chi connectivity index (χ3v) is 9.15. The lowest BCUT2D eigenvalue weighted by atomic mass is 10.0. The number of fused-ring (bicyclic) bond motifs is 1. The van der Waals surface area contributed by atoms with Gasteiger partial charge < -0.3 is 19.1 Å². The van der Waals surface area contributed by atoms with Gasteiger partial charge in [0.2, 0.25) is 0 Å². The number of hydrogen-bond donors (Lipinski definition) is 1. The first-order chi connectivity index (χ1) is 19.3. The predicted molar refractivity (Wildman–Crippen MR) is 156 cm³/mol. The average Bonchev–Trinajstić information content (AvgIpc) is 3.30. The number of carboxylic acids is 1. The molecule has 4 aromatic rings. The van der Waals surface area contributed by atoms with Gasteiger partial charge in [0.05, 0.1) is 44.1 Å². The van der Waals surface area contributed by atoms with Crippen LogP contribution in [0.1, 0.15) is 78.6 Å². The van der Waals surface area contributed by atoms with Crippen LogP contribution in [0.2, 0.25) is 10.0 Å². The van der Waals surface area contributed by atoms with E-state index in [-0.39, 0.29) is 17.8 Å². The van der Waals surface area contributed by atoms with Crippen molar-refractivity contribution in [3.05, 3.63) is 62.3 Å². The Balaban J connectivity index is 1.15. The Kier molecular flexibility index (Phi) is 7.79. The molecule has 0 amide bonds. The van der Waals surface area contributed by atoms with Gasteiger partial charge in [-0.2, -0.15) is 0 Å². The number of thiazole rings is 1. The second-order valence-electron chi connectivity index (χ2n) is 11.0. The Bertz CT molecular complexity index is 1540. The van der Waals surface area contributed by atoms with Crippen LogP contribution in [0.15, 0.2) is 34.9 Å². The molecule has 210 valence electrons. The monoisotopic (exact) mass is 600 g/mol. The summed E-state index contributed by atoms with van der Waals surface area (Å²) in [6.45, 7) is 4.24. The Morgan fingerprint density at radius 3 is 2.65 bits per heavy atom. The van der Waals surface area contributed by atoms with Gasteiger partial charge in [-0.05, 0) is 76.1 Å². The molecule has 2 aliphatic carbocycles. The molecule has 1 unspecified atom stereocenters. The molecular formula is C30H30Cl2N2O5S. The minimum absolute atomic E-state index is 0.0783. The second-order valence-corrected chi connectivity index (χ2v) is 12.9. The Labute approximate surface area is 246 Å². The van der Waals surface area contributed by atoms with Gasteiger partial charge in [0.15, 0.2) is 0 Å². The number of nitrogens with zero attached hydrogens (tertiary/aromatic N) is 2. The van der Waals surface area contributed by atoms with Gasteiger partial charge in [-0.3, -0.25) is 0 Å². The Morgan fingerprint density at radius 1 is 1.18 bits per heavy atom. The molecule has 2 aliphatic rings. The van der Waals surface area contributed by atoms with Crippen LogP contribution < -0.4 is 4.74 Å². The number of benzene rings is 2. The third-order valence-electron chi connectivity index (χ3n) is 7.50. The van der Waals surface area contributed by atoms with Crippen molar-refractivity contribution >= 4 is 50.7 Å². The SMILES string of the molecule is CC(C)Oc1cc(C(=O)O)cc2sc(C[C@@H]3CCC(OCc4c(-c5c(Cl)cccc5Cl)noc4C4CC4)C3)nc12. The zero-order chi connectivity index (χ0) is 28.0. The molecule has 0 radical (unpaired) electrons. The lowest BCUT2D eigenvalue weighted by Crippen LogP contribution is -2.10. The molecule has 6 rings (SSSR count). The molecule has 40 heavy (non-hydrogen) atoms. The molecule has 0 aliphatic heterocycles. The van der Waals surface area contributed by atoms with Crippen molar-refractivity contribution in [2.75, 3.05) is 0 Å². The predicted octanol–water partition coefficient (Wildman–Crippen LogP) is 8.55. The lowest BCUT2D eigenvalue weighted by molar-refractivity contribution is 0.0424. The van der Waals surface area contributed by atoms with Crippen molar-refractivity contribution in [3.63, 3.8) is 0 Å². The molecule has 1 N–H and O–H groups in total. The first kappa shape index (κ1) is 27.5. The highest BCUT2D eigenvalue weighted by Gasteiger charge is 2.34. The summed E-state index contributed by atoms with van der Waals surface area (Å²) in [4.78, 5) is 16.5. The summed E-state index contributed by atoms with van der Waals surface area (Å²) in [5.41, 5.74) is 3.24. The van der Waals surface area contributed by atoms with Crippen LogP contribution in [0.5, 0.6) is 5.75 Å². The molecule has 2 aromatic carbocycles. The van der Waals surface area contributed by atoms with Crippen molar-refractivity contribution in [1.82, 2.24) is 10.1 Å². The maximum Gasteiger partial charge on any atom is 0.335 e. The number of carbonyl (C=O) groups is 1. The zero-order valence-electron chi connectivity index (χ0n) is 22.3. The Morgan fingerprint density at radius 2 is 1.95 bits per heavy atom. The van der Waals surface area contributed by atoms with Crippen LogP contribution in [0.4, 0.5) is 0 Å². The molecule has 2 aromatic heterocycles. The highest BCUT2D eigenvalue weighted by Crippen LogP contribution is 2.46. The molecule has 10 heteroatoms. The van der Waals surface area contributed by atoms with Gasteiger partial charge in [-0.15, -0.1) is 11.3 Å². The lowest BCUT2D eigenvalue weighted by Gasteiger charge is -2.13. The van der Waals surface area contributed by atoms with Gasteiger partial charge in [0.1, 0.15) is 22.7 Å². The number of halogens is 2. The largest absolute Gasteiger partial charge is 0.489 e. The third kappa shape index (κ3) is 5.73. The molecule has 2 fully saturated rings. The zero-order valence-corrected chi connectivity index (χ0v) is 24.6. The van der Waals surface area contributed by atoms with E-state index in [0.717, 1.165) is 65.1 Å². The van der Waals surface area contributed by atoms with Crippen molar-refractivity contribution in [2.24, 2.45) is 5.92 Å². The van der Waals surface area contributed by atoms with E-state index < -0.39 is 5.97 Å². The fraction of sp³-hybridized carbons (Fsp3) is 0.433. The summed E-state index contributed by atoms with van der Waals surface area (Å²) in [5.74, 6) is 1.24. The summed E-state index contributed by atoms with van der Waals surface area (Å²) >= 11 is 14.5. The van der Waals surface area contributed by atoms with Crippen LogP contribution in [-0.2, 0) is 17.8 Å². The molecule has 2 atom stereocenters. The normalized spacial score (nSPS) is 19.1. The highest BCUT2D eigenvalue weighted by molar-refractivity contribution is 7.18. The van der Waals surface area contributed by atoms with Crippen molar-refractivity contribution in [1.29, 1.82) is 0 Å². The van der Waals surface area contributed by atoms with Crippen LogP contribution >= 0.6 is 34.5 Å². The van der Waals surface area contributed by atoms with E-state index in [1.54, 1.807) is 23.5 Å². The summed E-state index contributed by atoms with van der Waals surface area (Å²) in [5, 5.41) is 16.0. The van der Waals surface area contributed by atoms with Crippen LogP contribution in [0.25, 0.3) is 21.5 Å². The molecule has 0 saturated heterocycles. The van der Waals surface area contributed by atoms with Crippen LogP contribution in [0.3, 0.4) is 0 Å². The van der Waals surface area contributed by atoms with E-state index >= 15 is 0 Å². The standard InChI is InChI=1S/C30H30Cl2N2O5S/c1-15(2)38-23-12-18(30(35)36)13-24-28(23)33-25(40-24)11-16-6-9-19(10-16)37-14-20-27(34-39-29(20)17-7-8-17)26-21(31)4-3-5-22(26)32/h3-5,12-13,15-17,19H,6-11,14H2,1-2H3,(H,35,36)/t16-,19?/m1/s1. The van der Waals surface area contributed by atoms with Crippen LogP contribution in [-0.4, -0.2) is 33.4 Å². The number of aromatic carboxylic acids is 1. The van der Waals surface area contributed by atoms with E-state index in [1.807, 2.05) is 32.0 Å². The summed E-state index contributed by atoms with van der Waals surface area (Å²) in [6, 6.07) is 8.69. The number of rotatable bonds is 10. The first-order valence-corrected chi connectivity index (χ1v) is 15.2. The number of aromatic nitrogens is 2. The minimum Gasteiger partial charge on any atom is -0.489 e. The average molecular weight is 602 g/mol. The molecule has 0 bridgehead atoms. The van der Waals surface area contributed by atoms with Crippen molar-refractivity contribution < 1.29 is 23.9 Å². The quantitative estimate of drug-likeness (QED) is 0.195. The summed E-state index contributed by atoms with van der Waals surface area (Å²) in [6.07, 6.45) is 5.97. The van der Waals surface area contributed by atoms with Crippen LogP contribution in [0, 0.1) is 5.92 Å². The van der Waals surface area contributed by atoms with E-state index in [0.29, 0.717) is 45.5 Å². The summed E-state index contributed by atoms with van der Waals surface area (Å²) < 4.78 is 19.0. The molecule has 2 saturated carbocycles. The van der Waals surface area contributed by atoms with Crippen molar-refractivity contribution in [3.8, 4) is 17.0 Å². The Hall–Kier alpha value is -2.65. The van der Waals surface area contributed by atoms with Gasteiger partial charge in [-0.1, -0.05) is 34.4 Å². The molecule has 0 spiro atoms. The molecular weight excluding hydrogens is 571 g/mol. The summed E-state index contributed by atoms with van der Waals surface area (Å²) in [7, 11) is 0. The highest BCUT2D eigenvalue weighted by atomic mass is 35.5. The molecule has 2 heterocycles. The fourth-order valence-corrected chi connectivity index (χ4v) is 7.18. The van der Waals surface area contributed by atoms with E-state index in [4.69, 9.17) is 42.2 Å². The topological polar surface area (TPSA) is 94.7 Å². The van der Waals surface area contributed by atoms with E-state index in [2.05, 4.69) is 5.16 Å². The first-order valence-electron chi connectivity index (χ1n) is 13.6. The maximum atomic E-state index is 11.6. The van der Waals surface area contributed by atoms with Gasteiger partial charge in [0.25, 0.3) is 0 Å². The minimum atomic E-state index is -0.973. The van der Waals surface area contributed by atoms with Gasteiger partial charge in [0, 0.05) is 23.5 Å². The smallest absolute Gasteiger partial charge is 0.335 e. The number of hydrogen-bond acceptors (Lipinski definition) is 7. The molecule has 7 nitrogen and oxygen atoms in total. The number of ether oxygens (including phenoxy) is 2. The van der Waals surface area contributed by atoms with E-state index in [1.165, 1.54) is 0 Å². The second kappa shape index (κ2) is 11.3. The fourth-order valence-electron chi connectivity index (χ4n) is 5.46. The van der Waals surface area contributed by atoms with Gasteiger partial charge in [-0.25, -0.2) is 9.78 Å². The van der Waals surface area contributed by atoms with E-state index in [9.17, 15) is 9.90 Å². The van der Waals surface area contributed by atoms with Gasteiger partial charge >= 0.3 is 5.97 Å². The maximum absolute atomic E-state index is 11.6.